The summed E-state index contributed by atoms with van der Waals surface area (Å²) in [7, 11) is 1.58. The number of nitrogens with one attached hydrogen (secondary N) is 1. The molecule has 142 valence electrons. The molecule has 1 aliphatic carbocycles. The molecule has 27 heavy (non-hydrogen) atoms. The summed E-state index contributed by atoms with van der Waals surface area (Å²) in [4.78, 5) is 12.3. The van der Waals surface area contributed by atoms with E-state index in [1.807, 2.05) is 28.9 Å². The van der Waals surface area contributed by atoms with Gasteiger partial charge in [0, 0.05) is 12.1 Å². The van der Waals surface area contributed by atoms with E-state index in [9.17, 15) is 4.79 Å². The normalized spacial score (nSPS) is 14.7. The van der Waals surface area contributed by atoms with Gasteiger partial charge in [-0.15, -0.1) is 0 Å². The van der Waals surface area contributed by atoms with Crippen LogP contribution in [0, 0.1) is 5.92 Å². The van der Waals surface area contributed by atoms with Crippen LogP contribution >= 0.6 is 0 Å². The van der Waals surface area contributed by atoms with Crippen molar-refractivity contribution in [3.63, 3.8) is 0 Å². The summed E-state index contributed by atoms with van der Waals surface area (Å²) in [5.74, 6) is 2.42. The van der Waals surface area contributed by atoms with Gasteiger partial charge in [-0.3, -0.25) is 4.79 Å². The number of hydrogen-bond acceptors (Lipinski definition) is 4. The van der Waals surface area contributed by atoms with Gasteiger partial charge in [0.2, 0.25) is 5.91 Å². The van der Waals surface area contributed by atoms with Gasteiger partial charge in [0.25, 0.3) is 0 Å². The summed E-state index contributed by atoms with van der Waals surface area (Å²) in [5, 5.41) is 7.25. The maximum Gasteiger partial charge on any atom is 0.249 e. The van der Waals surface area contributed by atoms with Crippen molar-refractivity contribution in [3.05, 3.63) is 54.8 Å². The van der Waals surface area contributed by atoms with E-state index in [2.05, 4.69) is 23.9 Å². The Balaban J connectivity index is 1.65. The van der Waals surface area contributed by atoms with Gasteiger partial charge in [-0.25, -0.2) is 4.68 Å². The predicted molar refractivity (Wildman–Crippen MR) is 106 cm³/mol. The highest BCUT2D eigenvalue weighted by Gasteiger charge is 2.30. The highest BCUT2D eigenvalue weighted by atomic mass is 16.5. The molecule has 1 amide bonds. The Kier molecular flexibility index (Phi) is 5.96. The smallest absolute Gasteiger partial charge is 0.249 e. The summed E-state index contributed by atoms with van der Waals surface area (Å²) in [6.45, 7) is 6.17. The molecule has 1 aliphatic rings. The van der Waals surface area contributed by atoms with Crippen LogP contribution in [0.1, 0.15) is 31.4 Å². The summed E-state index contributed by atoms with van der Waals surface area (Å²) < 4.78 is 12.8. The van der Waals surface area contributed by atoms with Gasteiger partial charge in [0.15, 0.2) is 11.5 Å². The minimum absolute atomic E-state index is 0.203. The standard InChI is InChI=1S/C21H25N3O3/c1-4-13-27-18-9-5-16(14-19(18)26-3)6-10-21(25)23-20-11-12-22-24(20)15(2)17-7-8-17/h4-6,9-12,14-15,17H,1,7-8,13H2,2-3H3,(H,23,25)/b10-6+. The van der Waals surface area contributed by atoms with Crippen LogP contribution in [-0.4, -0.2) is 29.4 Å². The van der Waals surface area contributed by atoms with Crippen LogP contribution in [0.4, 0.5) is 5.82 Å². The lowest BCUT2D eigenvalue weighted by Crippen LogP contribution is -2.16. The molecule has 0 bridgehead atoms. The molecular weight excluding hydrogens is 342 g/mol. The van der Waals surface area contributed by atoms with Crippen molar-refractivity contribution in [1.29, 1.82) is 0 Å². The van der Waals surface area contributed by atoms with Gasteiger partial charge in [0.05, 0.1) is 19.3 Å². The molecule has 0 aliphatic heterocycles. The van der Waals surface area contributed by atoms with Gasteiger partial charge in [0.1, 0.15) is 12.4 Å². The van der Waals surface area contributed by atoms with E-state index in [1.54, 1.807) is 25.5 Å². The van der Waals surface area contributed by atoms with Crippen molar-refractivity contribution in [3.8, 4) is 11.5 Å². The quantitative estimate of drug-likeness (QED) is 0.536. The van der Waals surface area contributed by atoms with Gasteiger partial charge >= 0.3 is 0 Å². The van der Waals surface area contributed by atoms with Crippen LogP contribution in [-0.2, 0) is 4.79 Å². The second-order valence-electron chi connectivity index (χ2n) is 6.57. The first-order chi connectivity index (χ1) is 13.1. The Morgan fingerprint density at radius 3 is 2.93 bits per heavy atom. The van der Waals surface area contributed by atoms with E-state index >= 15 is 0 Å². The molecule has 6 heteroatoms. The van der Waals surface area contributed by atoms with Crippen molar-refractivity contribution >= 4 is 17.8 Å². The molecule has 1 aromatic carbocycles. The summed E-state index contributed by atoms with van der Waals surface area (Å²) in [5.41, 5.74) is 0.841. The first-order valence-electron chi connectivity index (χ1n) is 9.06. The first-order valence-corrected chi connectivity index (χ1v) is 9.06. The van der Waals surface area contributed by atoms with Crippen LogP contribution in [0.25, 0.3) is 6.08 Å². The molecule has 0 saturated heterocycles. The van der Waals surface area contributed by atoms with Crippen LogP contribution in [0.3, 0.4) is 0 Å². The third-order valence-electron chi connectivity index (χ3n) is 4.58. The molecule has 2 aromatic rings. The number of benzene rings is 1. The first kappa shape index (κ1) is 18.8. The Morgan fingerprint density at radius 1 is 1.41 bits per heavy atom. The van der Waals surface area contributed by atoms with Crippen molar-refractivity contribution in [2.24, 2.45) is 5.92 Å². The van der Waals surface area contributed by atoms with Crippen LogP contribution < -0.4 is 14.8 Å². The third kappa shape index (κ3) is 4.78. The van der Waals surface area contributed by atoms with E-state index in [-0.39, 0.29) is 5.91 Å². The fourth-order valence-electron chi connectivity index (χ4n) is 2.91. The lowest BCUT2D eigenvalue weighted by Gasteiger charge is -2.14. The third-order valence-corrected chi connectivity index (χ3v) is 4.58. The minimum atomic E-state index is -0.203. The largest absolute Gasteiger partial charge is 0.493 e. The molecule has 1 heterocycles. The maximum atomic E-state index is 12.3. The summed E-state index contributed by atoms with van der Waals surface area (Å²) in [6.07, 6.45) is 9.07. The topological polar surface area (TPSA) is 65.4 Å². The van der Waals surface area contributed by atoms with Gasteiger partial charge in [-0.2, -0.15) is 5.10 Å². The monoisotopic (exact) mass is 367 g/mol. The molecule has 1 aromatic heterocycles. The van der Waals surface area contributed by atoms with Crippen molar-refractivity contribution in [2.75, 3.05) is 19.0 Å². The van der Waals surface area contributed by atoms with E-state index < -0.39 is 0 Å². The predicted octanol–water partition coefficient (Wildman–Crippen LogP) is 4.08. The van der Waals surface area contributed by atoms with Gasteiger partial charge in [-0.1, -0.05) is 18.7 Å². The van der Waals surface area contributed by atoms with E-state index in [1.165, 1.54) is 18.9 Å². The average molecular weight is 367 g/mol. The minimum Gasteiger partial charge on any atom is -0.493 e. The molecule has 1 atom stereocenters. The Morgan fingerprint density at radius 2 is 2.22 bits per heavy atom. The van der Waals surface area contributed by atoms with E-state index in [0.29, 0.717) is 30.1 Å². The van der Waals surface area contributed by atoms with Gasteiger partial charge < -0.3 is 14.8 Å². The highest BCUT2D eigenvalue weighted by molar-refractivity contribution is 6.01. The number of rotatable bonds is 9. The number of carbonyl (C=O) groups is 1. The lowest BCUT2D eigenvalue weighted by molar-refractivity contribution is -0.111. The van der Waals surface area contributed by atoms with Crippen LogP contribution in [0.15, 0.2) is 49.2 Å². The van der Waals surface area contributed by atoms with E-state index in [4.69, 9.17) is 9.47 Å². The van der Waals surface area contributed by atoms with Crippen LogP contribution in [0.2, 0.25) is 0 Å². The number of hydrogen-bond donors (Lipinski definition) is 1. The molecule has 1 unspecified atom stereocenters. The summed E-state index contributed by atoms with van der Waals surface area (Å²) >= 11 is 0. The lowest BCUT2D eigenvalue weighted by atomic mass is 10.2. The fourth-order valence-corrected chi connectivity index (χ4v) is 2.91. The number of amides is 1. The Labute approximate surface area is 159 Å². The Bertz CT molecular complexity index is 837. The second-order valence-corrected chi connectivity index (χ2v) is 6.57. The van der Waals surface area contributed by atoms with Crippen molar-refractivity contribution in [1.82, 2.24) is 9.78 Å². The average Bonchev–Trinajstić information content (AvgIpc) is 3.44. The number of nitrogens with zero attached hydrogens (tertiary/aromatic N) is 2. The Hall–Kier alpha value is -3.02. The zero-order chi connectivity index (χ0) is 19.2. The molecule has 3 rings (SSSR count). The zero-order valence-corrected chi connectivity index (χ0v) is 15.7. The molecular formula is C21H25N3O3. The zero-order valence-electron chi connectivity index (χ0n) is 15.7. The van der Waals surface area contributed by atoms with Crippen molar-refractivity contribution in [2.45, 2.75) is 25.8 Å². The van der Waals surface area contributed by atoms with Crippen LogP contribution in [0.5, 0.6) is 11.5 Å². The molecule has 0 spiro atoms. The van der Waals surface area contributed by atoms with E-state index in [0.717, 1.165) is 11.4 Å². The second kappa shape index (κ2) is 8.58. The number of methoxy groups -OCH3 is 1. The number of aromatic nitrogens is 2. The SMILES string of the molecule is C=CCOc1ccc(/C=C/C(=O)Nc2ccnn2C(C)C2CC2)cc1OC. The number of anilines is 1. The maximum absolute atomic E-state index is 12.3. The molecule has 1 N–H and O–H groups in total. The van der Waals surface area contributed by atoms with Crippen molar-refractivity contribution < 1.29 is 14.3 Å². The molecule has 1 saturated carbocycles. The molecule has 1 fully saturated rings. The summed E-state index contributed by atoms with van der Waals surface area (Å²) in [6, 6.07) is 7.61. The number of carbonyl (C=O) groups excluding carboxylic acids is 1. The van der Waals surface area contributed by atoms with Gasteiger partial charge in [-0.05, 0) is 49.5 Å². The highest BCUT2D eigenvalue weighted by Crippen LogP contribution is 2.40. The molecule has 0 radical (unpaired) electrons. The molecule has 6 nitrogen and oxygen atoms in total. The number of ether oxygens (including phenoxy) is 2. The fraction of sp³-hybridized carbons (Fsp3) is 0.333.